The molecule has 0 bridgehead atoms. The second kappa shape index (κ2) is 7.23. The Morgan fingerprint density at radius 3 is 2.62 bits per heavy atom. The van der Waals surface area contributed by atoms with Gasteiger partial charge in [0.2, 0.25) is 9.04 Å². The van der Waals surface area contributed by atoms with Gasteiger partial charge >= 0.3 is 0 Å². The molecule has 0 aromatic rings. The van der Waals surface area contributed by atoms with Crippen LogP contribution in [0.25, 0.3) is 0 Å². The van der Waals surface area contributed by atoms with Crippen LogP contribution in [0, 0.1) is 5.92 Å². The van der Waals surface area contributed by atoms with E-state index in [9.17, 15) is 0 Å². The van der Waals surface area contributed by atoms with Crippen molar-refractivity contribution in [3.8, 4) is 0 Å². The zero-order valence-corrected chi connectivity index (χ0v) is 12.5. The van der Waals surface area contributed by atoms with Crippen molar-refractivity contribution >= 4 is 14.8 Å². The number of hydrogen-bond donors (Lipinski definition) is 0. The van der Waals surface area contributed by atoms with Crippen molar-refractivity contribution in [1.29, 1.82) is 0 Å². The van der Waals surface area contributed by atoms with Crippen molar-refractivity contribution in [2.45, 2.75) is 65.1 Å². The van der Waals surface area contributed by atoms with Gasteiger partial charge in [-0.05, 0) is 38.1 Å². The molecule has 1 heterocycles. The highest BCUT2D eigenvalue weighted by molar-refractivity contribution is 6.54. The van der Waals surface area contributed by atoms with Gasteiger partial charge in [-0.1, -0.05) is 27.2 Å². The van der Waals surface area contributed by atoms with Crippen LogP contribution in [0.3, 0.4) is 0 Å². The molecular formula is C13H27NOSi. The van der Waals surface area contributed by atoms with Crippen LogP contribution in [0.4, 0.5) is 0 Å². The molecule has 0 aliphatic carbocycles. The first kappa shape index (κ1) is 13.9. The molecule has 2 atom stereocenters. The SMILES string of the molecule is CCC(N=C(C)CC(C)C)[SiH]1CCCCO1. The van der Waals surface area contributed by atoms with Gasteiger partial charge in [0.05, 0.1) is 5.67 Å². The molecule has 0 spiro atoms. The maximum absolute atomic E-state index is 5.97. The predicted octanol–water partition coefficient (Wildman–Crippen LogP) is 3.35. The minimum atomic E-state index is -1.03. The highest BCUT2D eigenvalue weighted by Crippen LogP contribution is 2.18. The smallest absolute Gasteiger partial charge is 0.201 e. The molecule has 0 aromatic carbocycles. The maximum atomic E-state index is 5.97. The van der Waals surface area contributed by atoms with Gasteiger partial charge in [0.1, 0.15) is 0 Å². The monoisotopic (exact) mass is 241 g/mol. The van der Waals surface area contributed by atoms with Crippen LogP contribution in [0.15, 0.2) is 4.99 Å². The molecule has 2 nitrogen and oxygen atoms in total. The van der Waals surface area contributed by atoms with Crippen LogP contribution in [0.1, 0.15) is 53.4 Å². The summed E-state index contributed by atoms with van der Waals surface area (Å²) in [6.07, 6.45) is 4.92. The molecule has 0 N–H and O–H groups in total. The van der Waals surface area contributed by atoms with E-state index in [0.717, 1.165) is 25.4 Å². The predicted molar refractivity (Wildman–Crippen MR) is 73.8 cm³/mol. The third-order valence-corrected chi connectivity index (χ3v) is 6.27. The highest BCUT2D eigenvalue weighted by atomic mass is 28.3. The zero-order valence-electron chi connectivity index (χ0n) is 11.3. The fourth-order valence-corrected chi connectivity index (χ4v) is 5.31. The highest BCUT2D eigenvalue weighted by Gasteiger charge is 2.24. The molecule has 1 saturated heterocycles. The molecule has 0 amide bonds. The Morgan fingerprint density at radius 2 is 2.12 bits per heavy atom. The average molecular weight is 241 g/mol. The third kappa shape index (κ3) is 4.79. The molecule has 94 valence electrons. The summed E-state index contributed by atoms with van der Waals surface area (Å²) < 4.78 is 5.97. The maximum Gasteiger partial charge on any atom is 0.201 e. The van der Waals surface area contributed by atoms with Gasteiger partial charge in [-0.2, -0.15) is 0 Å². The van der Waals surface area contributed by atoms with Crippen molar-refractivity contribution in [1.82, 2.24) is 0 Å². The lowest BCUT2D eigenvalue weighted by Gasteiger charge is -2.26. The fourth-order valence-electron chi connectivity index (χ4n) is 2.43. The molecule has 3 heteroatoms. The molecule has 1 rings (SSSR count). The summed E-state index contributed by atoms with van der Waals surface area (Å²) in [6, 6.07) is 1.33. The molecule has 16 heavy (non-hydrogen) atoms. The summed E-state index contributed by atoms with van der Waals surface area (Å²) in [7, 11) is -1.03. The third-order valence-electron chi connectivity index (χ3n) is 3.15. The van der Waals surface area contributed by atoms with Crippen molar-refractivity contribution < 1.29 is 4.43 Å². The van der Waals surface area contributed by atoms with Crippen LogP contribution < -0.4 is 0 Å². The molecule has 0 saturated carbocycles. The van der Waals surface area contributed by atoms with Crippen LogP contribution in [0.2, 0.25) is 6.04 Å². The molecule has 0 aromatic heterocycles. The quantitative estimate of drug-likeness (QED) is 0.534. The summed E-state index contributed by atoms with van der Waals surface area (Å²) in [5.74, 6) is 0.718. The summed E-state index contributed by atoms with van der Waals surface area (Å²) in [5, 5.41) is 0. The van der Waals surface area contributed by atoms with Gasteiger partial charge in [-0.15, -0.1) is 0 Å². The Morgan fingerprint density at radius 1 is 1.38 bits per heavy atom. The lowest BCUT2D eigenvalue weighted by Crippen LogP contribution is -2.36. The Balaban J connectivity index is 2.51. The summed E-state index contributed by atoms with van der Waals surface area (Å²) in [4.78, 5) is 4.91. The Labute approximate surface area is 102 Å². The van der Waals surface area contributed by atoms with Crippen molar-refractivity contribution in [3.05, 3.63) is 0 Å². The van der Waals surface area contributed by atoms with Crippen LogP contribution in [-0.2, 0) is 4.43 Å². The van der Waals surface area contributed by atoms with E-state index >= 15 is 0 Å². The number of aliphatic imine (C=N–C) groups is 1. The Bertz CT molecular complexity index is 222. The van der Waals surface area contributed by atoms with Crippen LogP contribution in [-0.4, -0.2) is 27.0 Å². The molecule has 1 fully saturated rings. The van der Waals surface area contributed by atoms with Gasteiger partial charge in [0.15, 0.2) is 0 Å². The molecule has 1 aliphatic rings. The van der Waals surface area contributed by atoms with E-state index in [2.05, 4.69) is 27.7 Å². The minimum absolute atomic E-state index is 0.527. The first-order valence-electron chi connectivity index (χ1n) is 6.78. The van der Waals surface area contributed by atoms with E-state index < -0.39 is 9.04 Å². The van der Waals surface area contributed by atoms with E-state index in [1.165, 1.54) is 24.6 Å². The molecule has 2 unspecified atom stereocenters. The minimum Gasteiger partial charge on any atom is -0.418 e. The van der Waals surface area contributed by atoms with E-state index in [-0.39, 0.29) is 0 Å². The van der Waals surface area contributed by atoms with E-state index in [1.54, 1.807) is 0 Å². The van der Waals surface area contributed by atoms with Crippen LogP contribution >= 0.6 is 0 Å². The summed E-state index contributed by atoms with van der Waals surface area (Å²) >= 11 is 0. The zero-order chi connectivity index (χ0) is 12.0. The van der Waals surface area contributed by atoms with Crippen LogP contribution in [0.5, 0.6) is 0 Å². The van der Waals surface area contributed by atoms with Crippen molar-refractivity contribution in [3.63, 3.8) is 0 Å². The van der Waals surface area contributed by atoms with Gasteiger partial charge in [-0.25, -0.2) is 0 Å². The Hall–Kier alpha value is -0.153. The second-order valence-electron chi connectivity index (χ2n) is 5.34. The van der Waals surface area contributed by atoms with E-state index in [1.807, 2.05) is 0 Å². The van der Waals surface area contributed by atoms with Gasteiger partial charge in [-0.3, -0.25) is 4.99 Å². The molecule has 0 radical (unpaired) electrons. The fraction of sp³-hybridized carbons (Fsp3) is 0.923. The first-order valence-corrected chi connectivity index (χ1v) is 8.73. The van der Waals surface area contributed by atoms with Gasteiger partial charge < -0.3 is 4.43 Å². The number of hydrogen-bond acceptors (Lipinski definition) is 2. The van der Waals surface area contributed by atoms with Gasteiger partial charge in [0, 0.05) is 12.3 Å². The van der Waals surface area contributed by atoms with Crippen molar-refractivity contribution in [2.75, 3.05) is 6.61 Å². The Kier molecular flexibility index (Phi) is 6.28. The largest absolute Gasteiger partial charge is 0.418 e. The average Bonchev–Trinajstić information content (AvgIpc) is 2.26. The topological polar surface area (TPSA) is 21.6 Å². The molecular weight excluding hydrogens is 214 g/mol. The lowest BCUT2D eigenvalue weighted by atomic mass is 10.1. The number of nitrogens with zero attached hydrogens (tertiary/aromatic N) is 1. The second-order valence-corrected chi connectivity index (χ2v) is 8.10. The lowest BCUT2D eigenvalue weighted by molar-refractivity contribution is 0.279. The summed E-state index contributed by atoms with van der Waals surface area (Å²) in [6.45, 7) is 9.94. The number of rotatable bonds is 5. The summed E-state index contributed by atoms with van der Waals surface area (Å²) in [5.41, 5.74) is 1.85. The van der Waals surface area contributed by atoms with E-state index in [0.29, 0.717) is 5.67 Å². The normalized spacial score (nSPS) is 24.8. The molecule has 1 aliphatic heterocycles. The first-order chi connectivity index (χ1) is 7.63. The van der Waals surface area contributed by atoms with Crippen molar-refractivity contribution in [2.24, 2.45) is 10.9 Å². The standard InChI is InChI=1S/C13H27NOSi/c1-5-13(14-12(4)10-11(2)3)16-9-7-6-8-15-16/h11,13,16H,5-10H2,1-4H3. The van der Waals surface area contributed by atoms with Gasteiger partial charge in [0.25, 0.3) is 0 Å². The van der Waals surface area contributed by atoms with E-state index in [4.69, 9.17) is 9.42 Å².